The van der Waals surface area contributed by atoms with Gasteiger partial charge in [-0.2, -0.15) is 0 Å². The van der Waals surface area contributed by atoms with Crippen molar-refractivity contribution in [3.63, 3.8) is 0 Å². The molecule has 2 aliphatic heterocycles. The molecule has 2 saturated heterocycles. The van der Waals surface area contributed by atoms with Crippen LogP contribution in [0.5, 0.6) is 0 Å². The van der Waals surface area contributed by atoms with Crippen LogP contribution in [0.1, 0.15) is 44.1 Å². The predicted octanol–water partition coefficient (Wildman–Crippen LogP) is 1.34. The van der Waals surface area contributed by atoms with Gasteiger partial charge in [-0.1, -0.05) is 0 Å². The Morgan fingerprint density at radius 1 is 1.20 bits per heavy atom. The summed E-state index contributed by atoms with van der Waals surface area (Å²) < 4.78 is 0. The maximum absolute atomic E-state index is 12.5. The van der Waals surface area contributed by atoms with Crippen LogP contribution in [0.4, 0.5) is 0 Å². The Labute approximate surface area is 147 Å². The number of hydrogen-bond acceptors (Lipinski definition) is 4. The second kappa shape index (κ2) is 6.41. The van der Waals surface area contributed by atoms with Crippen LogP contribution in [0, 0.1) is 5.92 Å². The SMILES string of the molecule is O=C(C1CC(O)C1)N1CCC2(CCC(=O)N2Cc2ccncc2)CC1. The van der Waals surface area contributed by atoms with E-state index in [1.54, 1.807) is 12.4 Å². The second-order valence-electron chi connectivity index (χ2n) is 7.71. The van der Waals surface area contributed by atoms with E-state index in [1.165, 1.54) is 0 Å². The first-order valence-corrected chi connectivity index (χ1v) is 9.24. The van der Waals surface area contributed by atoms with Crippen molar-refractivity contribution in [1.82, 2.24) is 14.8 Å². The molecule has 1 saturated carbocycles. The maximum Gasteiger partial charge on any atom is 0.225 e. The van der Waals surface area contributed by atoms with Crippen LogP contribution >= 0.6 is 0 Å². The fraction of sp³-hybridized carbons (Fsp3) is 0.632. The molecule has 4 rings (SSSR count). The van der Waals surface area contributed by atoms with E-state index < -0.39 is 0 Å². The van der Waals surface area contributed by atoms with Crippen LogP contribution in [0.2, 0.25) is 0 Å². The maximum atomic E-state index is 12.5. The third-order valence-corrected chi connectivity index (χ3v) is 6.24. The minimum atomic E-state index is -0.298. The molecule has 25 heavy (non-hydrogen) atoms. The number of aliphatic hydroxyl groups is 1. The second-order valence-corrected chi connectivity index (χ2v) is 7.71. The van der Waals surface area contributed by atoms with Gasteiger partial charge >= 0.3 is 0 Å². The van der Waals surface area contributed by atoms with Gasteiger partial charge in [0, 0.05) is 49.9 Å². The average molecular weight is 343 g/mol. The van der Waals surface area contributed by atoms with E-state index in [0.717, 1.165) is 24.8 Å². The van der Waals surface area contributed by atoms with Crippen molar-refractivity contribution in [2.45, 2.75) is 56.7 Å². The summed E-state index contributed by atoms with van der Waals surface area (Å²) in [5.41, 5.74) is 1.00. The number of aliphatic hydroxyl groups excluding tert-OH is 1. The van der Waals surface area contributed by atoms with Crippen molar-refractivity contribution in [2.24, 2.45) is 5.92 Å². The largest absolute Gasteiger partial charge is 0.393 e. The first kappa shape index (κ1) is 16.5. The summed E-state index contributed by atoms with van der Waals surface area (Å²) in [6, 6.07) is 3.92. The van der Waals surface area contributed by atoms with Gasteiger partial charge in [0.2, 0.25) is 11.8 Å². The monoisotopic (exact) mass is 343 g/mol. The Morgan fingerprint density at radius 2 is 1.88 bits per heavy atom. The zero-order valence-corrected chi connectivity index (χ0v) is 14.4. The van der Waals surface area contributed by atoms with E-state index in [-0.39, 0.29) is 29.4 Å². The average Bonchev–Trinajstić information content (AvgIpc) is 2.90. The summed E-state index contributed by atoms with van der Waals surface area (Å²) >= 11 is 0. The van der Waals surface area contributed by atoms with E-state index in [9.17, 15) is 14.7 Å². The molecular weight excluding hydrogens is 318 g/mol. The van der Waals surface area contributed by atoms with Gasteiger partial charge in [0.15, 0.2) is 0 Å². The van der Waals surface area contributed by atoms with Crippen LogP contribution in [-0.4, -0.2) is 56.4 Å². The molecule has 0 aromatic carbocycles. The van der Waals surface area contributed by atoms with E-state index in [0.29, 0.717) is 38.9 Å². The highest BCUT2D eigenvalue weighted by Gasteiger charge is 2.48. The number of rotatable bonds is 3. The number of carbonyl (C=O) groups is 2. The fourth-order valence-corrected chi connectivity index (χ4v) is 4.51. The van der Waals surface area contributed by atoms with Gasteiger partial charge < -0.3 is 14.9 Å². The van der Waals surface area contributed by atoms with Crippen LogP contribution < -0.4 is 0 Å². The summed E-state index contributed by atoms with van der Waals surface area (Å²) in [6.07, 6.45) is 7.63. The summed E-state index contributed by atoms with van der Waals surface area (Å²) in [4.78, 5) is 33.0. The van der Waals surface area contributed by atoms with Crippen molar-refractivity contribution in [1.29, 1.82) is 0 Å². The highest BCUT2D eigenvalue weighted by Crippen LogP contribution is 2.41. The minimum absolute atomic E-state index is 0.00202. The smallest absolute Gasteiger partial charge is 0.225 e. The summed E-state index contributed by atoms with van der Waals surface area (Å²) in [5.74, 6) is 0.408. The molecule has 1 aromatic heterocycles. The third-order valence-electron chi connectivity index (χ3n) is 6.24. The van der Waals surface area contributed by atoms with Crippen LogP contribution in [-0.2, 0) is 16.1 Å². The first-order valence-electron chi connectivity index (χ1n) is 9.24. The lowest BCUT2D eigenvalue weighted by Gasteiger charge is -2.46. The number of nitrogens with zero attached hydrogens (tertiary/aromatic N) is 3. The number of carbonyl (C=O) groups excluding carboxylic acids is 2. The standard InChI is InChI=1S/C19H25N3O3/c23-16-11-15(12-16)18(25)21-9-5-19(6-10-21)4-1-17(24)22(19)13-14-2-7-20-8-3-14/h2-3,7-8,15-16,23H,1,4-6,9-13H2. The third kappa shape index (κ3) is 3.03. The molecule has 1 aromatic rings. The van der Waals surface area contributed by atoms with Crippen LogP contribution in [0.3, 0.4) is 0 Å². The summed E-state index contributed by atoms with van der Waals surface area (Å²) in [5, 5.41) is 9.42. The summed E-state index contributed by atoms with van der Waals surface area (Å²) in [7, 11) is 0. The molecule has 1 N–H and O–H groups in total. The van der Waals surface area contributed by atoms with Crippen molar-refractivity contribution < 1.29 is 14.7 Å². The molecule has 0 atom stereocenters. The zero-order valence-electron chi connectivity index (χ0n) is 14.4. The molecule has 134 valence electrons. The molecule has 6 nitrogen and oxygen atoms in total. The Hall–Kier alpha value is -1.95. The number of piperidine rings is 1. The molecule has 3 heterocycles. The fourth-order valence-electron chi connectivity index (χ4n) is 4.51. The van der Waals surface area contributed by atoms with Crippen molar-refractivity contribution in [3.05, 3.63) is 30.1 Å². The number of likely N-dealkylation sites (tertiary alicyclic amines) is 2. The normalized spacial score (nSPS) is 28.3. The van der Waals surface area contributed by atoms with Gasteiger partial charge in [0.1, 0.15) is 0 Å². The zero-order chi connectivity index (χ0) is 17.4. The van der Waals surface area contributed by atoms with Gasteiger partial charge in [0.25, 0.3) is 0 Å². The van der Waals surface area contributed by atoms with Crippen LogP contribution in [0.25, 0.3) is 0 Å². The van der Waals surface area contributed by atoms with Gasteiger partial charge in [-0.05, 0) is 49.8 Å². The van der Waals surface area contributed by atoms with Gasteiger partial charge in [-0.25, -0.2) is 0 Å². The molecule has 1 aliphatic carbocycles. The molecule has 3 fully saturated rings. The molecule has 0 radical (unpaired) electrons. The molecule has 2 amide bonds. The number of aromatic nitrogens is 1. The van der Waals surface area contributed by atoms with E-state index in [2.05, 4.69) is 4.98 Å². The predicted molar refractivity (Wildman–Crippen MR) is 91.3 cm³/mol. The van der Waals surface area contributed by atoms with Gasteiger partial charge in [0.05, 0.1) is 6.10 Å². The van der Waals surface area contributed by atoms with Crippen molar-refractivity contribution in [2.75, 3.05) is 13.1 Å². The van der Waals surface area contributed by atoms with Crippen LogP contribution in [0.15, 0.2) is 24.5 Å². The lowest BCUT2D eigenvalue weighted by atomic mass is 9.79. The summed E-state index contributed by atoms with van der Waals surface area (Å²) in [6.45, 7) is 2.06. The topological polar surface area (TPSA) is 73.7 Å². The number of hydrogen-bond donors (Lipinski definition) is 1. The number of amides is 2. The lowest BCUT2D eigenvalue weighted by molar-refractivity contribution is -0.145. The van der Waals surface area contributed by atoms with Gasteiger partial charge in [-0.15, -0.1) is 0 Å². The lowest BCUT2D eigenvalue weighted by Crippen LogP contribution is -2.55. The Bertz CT molecular complexity index is 649. The highest BCUT2D eigenvalue weighted by atomic mass is 16.3. The number of pyridine rings is 1. The molecule has 1 spiro atoms. The molecule has 0 bridgehead atoms. The Kier molecular flexibility index (Phi) is 4.23. The Balaban J connectivity index is 1.41. The van der Waals surface area contributed by atoms with E-state index in [1.807, 2.05) is 21.9 Å². The quantitative estimate of drug-likeness (QED) is 0.899. The van der Waals surface area contributed by atoms with Crippen molar-refractivity contribution >= 4 is 11.8 Å². The Morgan fingerprint density at radius 3 is 2.52 bits per heavy atom. The molecule has 3 aliphatic rings. The molecular formula is C19H25N3O3. The minimum Gasteiger partial charge on any atom is -0.393 e. The van der Waals surface area contributed by atoms with Crippen molar-refractivity contribution in [3.8, 4) is 0 Å². The first-order chi connectivity index (χ1) is 12.1. The molecule has 0 unspecified atom stereocenters. The highest BCUT2D eigenvalue weighted by molar-refractivity contribution is 5.81. The van der Waals surface area contributed by atoms with E-state index in [4.69, 9.17) is 0 Å². The van der Waals surface area contributed by atoms with Gasteiger partial charge in [-0.3, -0.25) is 14.6 Å². The molecule has 6 heteroatoms. The van der Waals surface area contributed by atoms with E-state index >= 15 is 0 Å².